The number of rotatable bonds is 12. The van der Waals surface area contributed by atoms with Gasteiger partial charge in [0.15, 0.2) is 0 Å². The molecule has 0 unspecified atom stereocenters. The zero-order chi connectivity index (χ0) is 13.0. The van der Waals surface area contributed by atoms with Crippen molar-refractivity contribution in [3.63, 3.8) is 0 Å². The lowest BCUT2D eigenvalue weighted by Gasteiger charge is -2.31. The van der Waals surface area contributed by atoms with Crippen LogP contribution in [0.15, 0.2) is 0 Å². The van der Waals surface area contributed by atoms with E-state index in [-0.39, 0.29) is 12.2 Å². The van der Waals surface area contributed by atoms with Gasteiger partial charge in [-0.3, -0.25) is 0 Å². The Bertz CT molecular complexity index is 156. The summed E-state index contributed by atoms with van der Waals surface area (Å²) in [6.07, 6.45) is 6.85. The van der Waals surface area contributed by atoms with E-state index in [0.29, 0.717) is 13.2 Å². The Morgan fingerprint density at radius 2 is 1.65 bits per heavy atom. The molecule has 0 aliphatic carbocycles. The Hall–Kier alpha value is -0.120. The van der Waals surface area contributed by atoms with Crippen LogP contribution in [0.2, 0.25) is 0 Å². The van der Waals surface area contributed by atoms with Crippen LogP contribution in [0, 0.1) is 0 Å². The number of ether oxygens (including phenoxy) is 2. The fraction of sp³-hybridized carbons (Fsp3) is 1.00. The van der Waals surface area contributed by atoms with Gasteiger partial charge in [0.25, 0.3) is 0 Å². The van der Waals surface area contributed by atoms with Crippen LogP contribution < -0.4 is 0 Å². The highest BCUT2D eigenvalue weighted by molar-refractivity contribution is 4.77. The second-order valence-electron chi connectivity index (χ2n) is 4.58. The third-order valence-electron chi connectivity index (χ3n) is 3.30. The summed E-state index contributed by atoms with van der Waals surface area (Å²) < 4.78 is 11.4. The molecule has 0 heterocycles. The van der Waals surface area contributed by atoms with E-state index in [1.807, 2.05) is 0 Å². The Labute approximate surface area is 107 Å². The maximum Gasteiger partial charge on any atom is 0.0909 e. The van der Waals surface area contributed by atoms with Crippen LogP contribution in [0.4, 0.5) is 0 Å². The van der Waals surface area contributed by atoms with E-state index in [2.05, 4.69) is 20.8 Å². The Morgan fingerprint density at radius 3 is 2.18 bits per heavy atom. The largest absolute Gasteiger partial charge is 0.394 e. The minimum atomic E-state index is -0.151. The van der Waals surface area contributed by atoms with Crippen molar-refractivity contribution >= 4 is 0 Å². The zero-order valence-corrected chi connectivity index (χ0v) is 11.8. The molecule has 0 atom stereocenters. The second kappa shape index (κ2) is 11.0. The molecule has 0 saturated carbocycles. The predicted octanol–water partition coefficient (Wildman–Crippen LogP) is 3.15. The summed E-state index contributed by atoms with van der Waals surface area (Å²) in [4.78, 5) is 0. The normalized spacial score (nSPS) is 12.0. The van der Waals surface area contributed by atoms with Gasteiger partial charge in [-0.05, 0) is 19.3 Å². The predicted molar refractivity (Wildman–Crippen MR) is 71.3 cm³/mol. The second-order valence-corrected chi connectivity index (χ2v) is 4.58. The molecule has 0 fully saturated rings. The molecule has 0 bridgehead atoms. The summed E-state index contributed by atoms with van der Waals surface area (Å²) in [5, 5.41) is 8.72. The molecule has 3 nitrogen and oxygen atoms in total. The third-order valence-corrected chi connectivity index (χ3v) is 3.30. The quantitative estimate of drug-likeness (QED) is 0.538. The van der Waals surface area contributed by atoms with Crippen LogP contribution in [0.3, 0.4) is 0 Å². The molecule has 0 aromatic rings. The van der Waals surface area contributed by atoms with Gasteiger partial charge in [0.1, 0.15) is 0 Å². The smallest absolute Gasteiger partial charge is 0.0909 e. The van der Waals surface area contributed by atoms with E-state index >= 15 is 0 Å². The van der Waals surface area contributed by atoms with Crippen molar-refractivity contribution in [3.8, 4) is 0 Å². The van der Waals surface area contributed by atoms with Crippen LogP contribution in [0.5, 0.6) is 0 Å². The molecule has 0 aliphatic heterocycles. The van der Waals surface area contributed by atoms with Gasteiger partial charge in [0, 0.05) is 6.61 Å². The van der Waals surface area contributed by atoms with Crippen LogP contribution in [0.1, 0.15) is 59.3 Å². The SMILES string of the molecule is CCCCCCOC(CC)(CC)COCCO. The molecule has 17 heavy (non-hydrogen) atoms. The number of hydrogen-bond acceptors (Lipinski definition) is 3. The molecule has 0 spiro atoms. The highest BCUT2D eigenvalue weighted by Gasteiger charge is 2.26. The van der Waals surface area contributed by atoms with Crippen molar-refractivity contribution < 1.29 is 14.6 Å². The van der Waals surface area contributed by atoms with Gasteiger partial charge in [0.05, 0.1) is 25.4 Å². The molecule has 0 rings (SSSR count). The third kappa shape index (κ3) is 7.74. The minimum absolute atomic E-state index is 0.0833. The maximum absolute atomic E-state index is 8.72. The van der Waals surface area contributed by atoms with Gasteiger partial charge in [-0.15, -0.1) is 0 Å². The van der Waals surface area contributed by atoms with E-state index in [4.69, 9.17) is 14.6 Å². The van der Waals surface area contributed by atoms with Crippen molar-refractivity contribution in [2.75, 3.05) is 26.4 Å². The first-order valence-corrected chi connectivity index (χ1v) is 7.07. The molecule has 1 N–H and O–H groups in total. The lowest BCUT2D eigenvalue weighted by molar-refractivity contribution is -0.106. The molecule has 0 aromatic heterocycles. The van der Waals surface area contributed by atoms with Gasteiger partial charge < -0.3 is 14.6 Å². The number of aliphatic hydroxyl groups excluding tert-OH is 1. The van der Waals surface area contributed by atoms with E-state index < -0.39 is 0 Å². The van der Waals surface area contributed by atoms with Crippen molar-refractivity contribution in [1.82, 2.24) is 0 Å². The highest BCUT2D eigenvalue weighted by Crippen LogP contribution is 2.21. The molecule has 0 aromatic carbocycles. The molecule has 0 amide bonds. The molecule has 0 aliphatic rings. The van der Waals surface area contributed by atoms with Crippen molar-refractivity contribution in [1.29, 1.82) is 0 Å². The average Bonchev–Trinajstić information content (AvgIpc) is 2.37. The Morgan fingerprint density at radius 1 is 0.941 bits per heavy atom. The molecule has 0 saturated heterocycles. The zero-order valence-electron chi connectivity index (χ0n) is 11.8. The standard InChI is InChI=1S/C14H30O3/c1-4-7-8-9-11-17-14(5-2,6-3)13-16-12-10-15/h15H,4-13H2,1-3H3. The number of aliphatic hydroxyl groups is 1. The van der Waals surface area contributed by atoms with E-state index in [9.17, 15) is 0 Å². The van der Waals surface area contributed by atoms with Crippen LogP contribution in [-0.2, 0) is 9.47 Å². The van der Waals surface area contributed by atoms with Crippen molar-refractivity contribution in [3.05, 3.63) is 0 Å². The van der Waals surface area contributed by atoms with Crippen molar-refractivity contribution in [2.24, 2.45) is 0 Å². The molecule has 104 valence electrons. The Balaban J connectivity index is 3.85. The molecule has 3 heteroatoms. The van der Waals surface area contributed by atoms with Gasteiger partial charge in [-0.2, -0.15) is 0 Å². The van der Waals surface area contributed by atoms with Gasteiger partial charge in [-0.1, -0.05) is 40.0 Å². The minimum Gasteiger partial charge on any atom is -0.394 e. The molecular formula is C14H30O3. The lowest BCUT2D eigenvalue weighted by Crippen LogP contribution is -2.37. The summed E-state index contributed by atoms with van der Waals surface area (Å²) in [5.74, 6) is 0. The van der Waals surface area contributed by atoms with Gasteiger partial charge in [-0.25, -0.2) is 0 Å². The fourth-order valence-electron chi connectivity index (χ4n) is 1.84. The molecule has 0 radical (unpaired) electrons. The topological polar surface area (TPSA) is 38.7 Å². The van der Waals surface area contributed by atoms with Gasteiger partial charge in [0.2, 0.25) is 0 Å². The van der Waals surface area contributed by atoms with Gasteiger partial charge >= 0.3 is 0 Å². The van der Waals surface area contributed by atoms with E-state index in [0.717, 1.165) is 25.9 Å². The summed E-state index contributed by atoms with van der Waals surface area (Å²) >= 11 is 0. The first-order valence-electron chi connectivity index (χ1n) is 7.07. The summed E-state index contributed by atoms with van der Waals surface area (Å²) in [6, 6.07) is 0. The summed E-state index contributed by atoms with van der Waals surface area (Å²) in [5.41, 5.74) is -0.151. The first-order chi connectivity index (χ1) is 8.24. The highest BCUT2D eigenvalue weighted by atomic mass is 16.5. The van der Waals surface area contributed by atoms with Crippen LogP contribution in [0.25, 0.3) is 0 Å². The van der Waals surface area contributed by atoms with E-state index in [1.54, 1.807) is 0 Å². The van der Waals surface area contributed by atoms with Crippen LogP contribution in [-0.4, -0.2) is 37.1 Å². The monoisotopic (exact) mass is 246 g/mol. The molecular weight excluding hydrogens is 216 g/mol. The summed E-state index contributed by atoms with van der Waals surface area (Å²) in [6.45, 7) is 8.39. The Kier molecular flexibility index (Phi) is 10.9. The van der Waals surface area contributed by atoms with E-state index in [1.165, 1.54) is 19.3 Å². The maximum atomic E-state index is 8.72. The van der Waals surface area contributed by atoms with Crippen molar-refractivity contribution in [2.45, 2.75) is 64.9 Å². The fourth-order valence-corrected chi connectivity index (χ4v) is 1.84. The van der Waals surface area contributed by atoms with Crippen LogP contribution >= 0.6 is 0 Å². The lowest BCUT2D eigenvalue weighted by atomic mass is 9.98. The number of hydrogen-bond donors (Lipinski definition) is 1. The average molecular weight is 246 g/mol. The first kappa shape index (κ1) is 16.9. The number of unbranched alkanes of at least 4 members (excludes halogenated alkanes) is 3. The summed E-state index contributed by atoms with van der Waals surface area (Å²) in [7, 11) is 0.